The van der Waals surface area contributed by atoms with Crippen LogP contribution in [0.4, 0.5) is 0 Å². The molecule has 2 nitrogen and oxygen atoms in total. The highest BCUT2D eigenvalue weighted by molar-refractivity contribution is 9.10. The van der Waals surface area contributed by atoms with Gasteiger partial charge in [0, 0.05) is 11.6 Å². The minimum atomic E-state index is 0.103. The van der Waals surface area contributed by atoms with Crippen LogP contribution in [0, 0.1) is 0 Å². The molecule has 1 heterocycles. The van der Waals surface area contributed by atoms with E-state index in [0.29, 0.717) is 4.73 Å². The molecule has 0 aliphatic carbocycles. The van der Waals surface area contributed by atoms with Crippen molar-refractivity contribution in [1.29, 1.82) is 0 Å². The zero-order valence-corrected chi connectivity index (χ0v) is 8.51. The minimum absolute atomic E-state index is 0.103. The van der Waals surface area contributed by atoms with Crippen molar-refractivity contribution in [3.05, 3.63) is 22.7 Å². The van der Waals surface area contributed by atoms with Gasteiger partial charge in [-0.2, -0.15) is 0 Å². The standard InChI is InChI=1S/C8H11BrN2/c1-8(2,3)6-4-5-10-7(9)11-6/h4-5H,1-3H3. The molecule has 0 atom stereocenters. The first-order chi connectivity index (χ1) is 5.00. The minimum Gasteiger partial charge on any atom is -0.231 e. The Hall–Kier alpha value is -0.440. The largest absolute Gasteiger partial charge is 0.231 e. The van der Waals surface area contributed by atoms with E-state index in [2.05, 4.69) is 46.7 Å². The van der Waals surface area contributed by atoms with Gasteiger partial charge in [-0.15, -0.1) is 0 Å². The summed E-state index contributed by atoms with van der Waals surface area (Å²) in [5.41, 5.74) is 1.16. The summed E-state index contributed by atoms with van der Waals surface area (Å²) in [5, 5.41) is 0. The van der Waals surface area contributed by atoms with Gasteiger partial charge in [-0.3, -0.25) is 0 Å². The zero-order chi connectivity index (χ0) is 8.48. The van der Waals surface area contributed by atoms with Crippen LogP contribution in [0.2, 0.25) is 0 Å². The first-order valence-corrected chi connectivity index (χ1v) is 4.28. The van der Waals surface area contributed by atoms with Gasteiger partial charge in [0.1, 0.15) is 0 Å². The van der Waals surface area contributed by atoms with E-state index >= 15 is 0 Å². The SMILES string of the molecule is CC(C)(C)c1ccnc(Br)n1. The first kappa shape index (κ1) is 8.65. The summed E-state index contributed by atoms with van der Waals surface area (Å²) < 4.78 is 0.657. The smallest absolute Gasteiger partial charge is 0.196 e. The van der Waals surface area contributed by atoms with Crippen molar-refractivity contribution in [2.24, 2.45) is 0 Å². The Kier molecular flexibility index (Phi) is 2.28. The Labute approximate surface area is 75.2 Å². The molecular weight excluding hydrogens is 204 g/mol. The quantitative estimate of drug-likeness (QED) is 0.621. The number of rotatable bonds is 0. The van der Waals surface area contributed by atoms with Gasteiger partial charge in [-0.1, -0.05) is 20.8 Å². The lowest BCUT2D eigenvalue weighted by molar-refractivity contribution is 0.565. The van der Waals surface area contributed by atoms with Gasteiger partial charge in [-0.05, 0) is 22.0 Å². The van der Waals surface area contributed by atoms with Gasteiger partial charge >= 0.3 is 0 Å². The molecule has 0 unspecified atom stereocenters. The summed E-state index contributed by atoms with van der Waals surface area (Å²) in [4.78, 5) is 8.21. The average Bonchev–Trinajstić information content (AvgIpc) is 1.86. The number of hydrogen-bond acceptors (Lipinski definition) is 2. The Morgan fingerprint density at radius 3 is 2.36 bits per heavy atom. The van der Waals surface area contributed by atoms with Crippen LogP contribution in [0.5, 0.6) is 0 Å². The summed E-state index contributed by atoms with van der Waals surface area (Å²) in [5.74, 6) is 0. The molecule has 0 radical (unpaired) electrons. The maximum absolute atomic E-state index is 4.25. The highest BCUT2D eigenvalue weighted by atomic mass is 79.9. The van der Waals surface area contributed by atoms with Gasteiger partial charge in [0.15, 0.2) is 4.73 Å². The fraction of sp³-hybridized carbons (Fsp3) is 0.500. The molecule has 0 N–H and O–H groups in total. The Balaban J connectivity index is 3.06. The van der Waals surface area contributed by atoms with Gasteiger partial charge in [0.2, 0.25) is 0 Å². The summed E-state index contributed by atoms with van der Waals surface area (Å²) in [7, 11) is 0. The van der Waals surface area contributed by atoms with Crippen molar-refractivity contribution in [1.82, 2.24) is 9.97 Å². The third-order valence-electron chi connectivity index (χ3n) is 1.39. The van der Waals surface area contributed by atoms with Crippen LogP contribution in [0.3, 0.4) is 0 Å². The number of halogens is 1. The maximum Gasteiger partial charge on any atom is 0.196 e. The fourth-order valence-electron chi connectivity index (χ4n) is 0.753. The van der Waals surface area contributed by atoms with E-state index in [1.165, 1.54) is 0 Å². The molecule has 0 saturated heterocycles. The number of nitrogens with zero attached hydrogens (tertiary/aromatic N) is 2. The Bertz CT molecular complexity index is 253. The van der Waals surface area contributed by atoms with E-state index in [-0.39, 0.29) is 5.41 Å². The monoisotopic (exact) mass is 214 g/mol. The molecule has 1 aromatic rings. The summed E-state index contributed by atoms with van der Waals surface area (Å²) in [6.07, 6.45) is 1.76. The molecule has 0 aliphatic heterocycles. The molecule has 11 heavy (non-hydrogen) atoms. The second-order valence-corrected chi connectivity index (χ2v) is 4.17. The first-order valence-electron chi connectivity index (χ1n) is 3.49. The third kappa shape index (κ3) is 2.26. The highest BCUT2D eigenvalue weighted by Gasteiger charge is 2.14. The summed E-state index contributed by atoms with van der Waals surface area (Å²) in [6, 6.07) is 1.94. The van der Waals surface area contributed by atoms with E-state index in [4.69, 9.17) is 0 Å². The molecule has 3 heteroatoms. The van der Waals surface area contributed by atoms with E-state index < -0.39 is 0 Å². The summed E-state index contributed by atoms with van der Waals surface area (Å²) >= 11 is 3.23. The number of aromatic nitrogens is 2. The lowest BCUT2D eigenvalue weighted by Gasteiger charge is -2.16. The van der Waals surface area contributed by atoms with Gasteiger partial charge in [0.25, 0.3) is 0 Å². The molecule has 0 saturated carbocycles. The Morgan fingerprint density at radius 1 is 1.36 bits per heavy atom. The van der Waals surface area contributed by atoms with E-state index in [1.54, 1.807) is 6.20 Å². The van der Waals surface area contributed by atoms with Crippen molar-refractivity contribution < 1.29 is 0 Å². The molecule has 0 aliphatic rings. The van der Waals surface area contributed by atoms with Crippen LogP contribution < -0.4 is 0 Å². The normalized spacial score (nSPS) is 11.6. The van der Waals surface area contributed by atoms with Crippen molar-refractivity contribution in [2.45, 2.75) is 26.2 Å². The van der Waals surface area contributed by atoms with Crippen molar-refractivity contribution in [3.63, 3.8) is 0 Å². The molecule has 1 aromatic heterocycles. The maximum atomic E-state index is 4.25. The molecule has 1 rings (SSSR count). The average molecular weight is 215 g/mol. The van der Waals surface area contributed by atoms with Crippen molar-refractivity contribution in [2.75, 3.05) is 0 Å². The van der Waals surface area contributed by atoms with Crippen LogP contribution in [0.1, 0.15) is 26.5 Å². The van der Waals surface area contributed by atoms with Crippen molar-refractivity contribution in [3.8, 4) is 0 Å². The van der Waals surface area contributed by atoms with Gasteiger partial charge < -0.3 is 0 Å². The summed E-state index contributed by atoms with van der Waals surface area (Å²) in [6.45, 7) is 6.38. The van der Waals surface area contributed by atoms with Crippen LogP contribution in [0.25, 0.3) is 0 Å². The zero-order valence-electron chi connectivity index (χ0n) is 6.93. The second kappa shape index (κ2) is 2.89. The molecule has 0 fully saturated rings. The van der Waals surface area contributed by atoms with Crippen LogP contribution >= 0.6 is 15.9 Å². The lowest BCUT2D eigenvalue weighted by Crippen LogP contribution is -2.13. The van der Waals surface area contributed by atoms with E-state index in [9.17, 15) is 0 Å². The predicted octanol–water partition coefficient (Wildman–Crippen LogP) is 2.54. The molecule has 0 aromatic carbocycles. The molecule has 0 amide bonds. The number of hydrogen-bond donors (Lipinski definition) is 0. The third-order valence-corrected chi connectivity index (χ3v) is 1.78. The predicted molar refractivity (Wildman–Crippen MR) is 48.4 cm³/mol. The fourth-order valence-corrected chi connectivity index (χ4v) is 1.06. The van der Waals surface area contributed by atoms with Crippen LogP contribution in [0.15, 0.2) is 17.0 Å². The van der Waals surface area contributed by atoms with Gasteiger partial charge in [-0.25, -0.2) is 9.97 Å². The van der Waals surface area contributed by atoms with Crippen LogP contribution in [-0.2, 0) is 5.41 Å². The highest BCUT2D eigenvalue weighted by Crippen LogP contribution is 2.19. The van der Waals surface area contributed by atoms with Crippen LogP contribution in [-0.4, -0.2) is 9.97 Å². The molecular formula is C8H11BrN2. The van der Waals surface area contributed by atoms with E-state index in [0.717, 1.165) is 5.69 Å². The molecule has 0 spiro atoms. The lowest BCUT2D eigenvalue weighted by atomic mass is 9.92. The van der Waals surface area contributed by atoms with Crippen molar-refractivity contribution >= 4 is 15.9 Å². The second-order valence-electron chi connectivity index (χ2n) is 3.46. The molecule has 0 bridgehead atoms. The Morgan fingerprint density at radius 2 is 2.00 bits per heavy atom. The van der Waals surface area contributed by atoms with Gasteiger partial charge in [0.05, 0.1) is 5.69 Å². The molecule has 60 valence electrons. The van der Waals surface area contributed by atoms with E-state index in [1.807, 2.05) is 6.07 Å². The topological polar surface area (TPSA) is 25.8 Å².